The third kappa shape index (κ3) is 13.4. The van der Waals surface area contributed by atoms with Crippen molar-refractivity contribution in [1.29, 1.82) is 0 Å². The molecule has 0 aromatic heterocycles. The Balaban J connectivity index is 3.34. The lowest BCUT2D eigenvalue weighted by molar-refractivity contribution is -0.154. The minimum absolute atomic E-state index is 0.115. The molecule has 0 rings (SSSR count). The number of hydrogen-bond acceptors (Lipinski definition) is 4. The molecule has 0 N–H and O–H groups in total. The standard InChI is InChI=1S/C13H24O3S/c1-11(14)17-10-8-6-5-7-9-12(15)16-13(2,3)4/h5-10H2,1-4H3. The molecular formula is C13H24O3S. The van der Waals surface area contributed by atoms with E-state index in [0.717, 1.165) is 31.4 Å². The van der Waals surface area contributed by atoms with E-state index < -0.39 is 0 Å². The van der Waals surface area contributed by atoms with E-state index >= 15 is 0 Å². The molecule has 0 aromatic carbocycles. The number of hydrogen-bond donors (Lipinski definition) is 0. The quantitative estimate of drug-likeness (QED) is 0.518. The van der Waals surface area contributed by atoms with Gasteiger partial charge in [0, 0.05) is 19.1 Å². The third-order valence-electron chi connectivity index (χ3n) is 2.00. The van der Waals surface area contributed by atoms with Gasteiger partial charge < -0.3 is 4.74 Å². The number of ether oxygens (including phenoxy) is 1. The zero-order valence-corrected chi connectivity index (χ0v) is 12.2. The van der Waals surface area contributed by atoms with Crippen LogP contribution in [0.1, 0.15) is 59.8 Å². The highest BCUT2D eigenvalue weighted by Gasteiger charge is 2.15. The molecule has 0 aliphatic heterocycles. The van der Waals surface area contributed by atoms with Crippen LogP contribution in [-0.4, -0.2) is 22.4 Å². The number of rotatable bonds is 7. The average molecular weight is 260 g/mol. The van der Waals surface area contributed by atoms with Crippen LogP contribution in [0.5, 0.6) is 0 Å². The molecule has 0 atom stereocenters. The highest BCUT2D eigenvalue weighted by atomic mass is 32.2. The lowest BCUT2D eigenvalue weighted by Gasteiger charge is -2.19. The monoisotopic (exact) mass is 260 g/mol. The fourth-order valence-corrected chi connectivity index (χ4v) is 1.97. The molecule has 17 heavy (non-hydrogen) atoms. The van der Waals surface area contributed by atoms with Crippen molar-refractivity contribution < 1.29 is 14.3 Å². The van der Waals surface area contributed by atoms with Gasteiger partial charge in [-0.1, -0.05) is 24.6 Å². The molecule has 0 saturated heterocycles. The minimum Gasteiger partial charge on any atom is -0.460 e. The van der Waals surface area contributed by atoms with Crippen LogP contribution >= 0.6 is 11.8 Å². The minimum atomic E-state index is -0.380. The number of thioether (sulfide) groups is 1. The maximum Gasteiger partial charge on any atom is 0.306 e. The van der Waals surface area contributed by atoms with Gasteiger partial charge in [-0.05, 0) is 33.6 Å². The van der Waals surface area contributed by atoms with E-state index in [1.165, 1.54) is 11.8 Å². The molecule has 0 bridgehead atoms. The first-order valence-corrected chi connectivity index (χ1v) is 7.15. The van der Waals surface area contributed by atoms with Crippen molar-refractivity contribution in [3.63, 3.8) is 0 Å². The van der Waals surface area contributed by atoms with Crippen molar-refractivity contribution in [3.05, 3.63) is 0 Å². The first-order chi connectivity index (χ1) is 7.81. The van der Waals surface area contributed by atoms with E-state index in [0.29, 0.717) is 6.42 Å². The highest BCUT2D eigenvalue weighted by molar-refractivity contribution is 8.13. The van der Waals surface area contributed by atoms with Crippen molar-refractivity contribution in [2.75, 3.05) is 5.75 Å². The molecule has 0 radical (unpaired) electrons. The van der Waals surface area contributed by atoms with Crippen LogP contribution < -0.4 is 0 Å². The summed E-state index contributed by atoms with van der Waals surface area (Å²) in [6.45, 7) is 7.23. The summed E-state index contributed by atoms with van der Waals surface area (Å²) in [5.74, 6) is 0.775. The molecular weight excluding hydrogens is 236 g/mol. The molecule has 0 amide bonds. The molecule has 100 valence electrons. The molecule has 0 spiro atoms. The van der Waals surface area contributed by atoms with Crippen molar-refractivity contribution in [2.24, 2.45) is 0 Å². The zero-order chi connectivity index (χ0) is 13.3. The van der Waals surface area contributed by atoms with Crippen LogP contribution in [0.2, 0.25) is 0 Å². The van der Waals surface area contributed by atoms with Crippen molar-refractivity contribution >= 4 is 22.8 Å². The predicted octanol–water partition coefficient (Wildman–Crippen LogP) is 3.56. The normalized spacial score (nSPS) is 11.3. The van der Waals surface area contributed by atoms with E-state index in [9.17, 15) is 9.59 Å². The van der Waals surface area contributed by atoms with Gasteiger partial charge >= 0.3 is 5.97 Å². The van der Waals surface area contributed by atoms with Gasteiger partial charge in [0.05, 0.1) is 0 Å². The van der Waals surface area contributed by atoms with E-state index in [-0.39, 0.29) is 16.7 Å². The lowest BCUT2D eigenvalue weighted by atomic mass is 10.1. The average Bonchev–Trinajstić information content (AvgIpc) is 2.12. The summed E-state index contributed by atoms with van der Waals surface area (Å²) < 4.78 is 5.21. The van der Waals surface area contributed by atoms with Gasteiger partial charge in [-0.15, -0.1) is 0 Å². The number of esters is 1. The second-order valence-corrected chi connectivity index (χ2v) is 6.36. The second kappa shape index (κ2) is 8.56. The maximum absolute atomic E-state index is 11.4. The molecule has 0 aliphatic carbocycles. The van der Waals surface area contributed by atoms with E-state index in [1.807, 2.05) is 20.8 Å². The van der Waals surface area contributed by atoms with Gasteiger partial charge in [-0.3, -0.25) is 9.59 Å². The fourth-order valence-electron chi connectivity index (χ4n) is 1.33. The largest absolute Gasteiger partial charge is 0.460 e. The highest BCUT2D eigenvalue weighted by Crippen LogP contribution is 2.12. The van der Waals surface area contributed by atoms with Gasteiger partial charge in [0.15, 0.2) is 5.12 Å². The molecule has 0 saturated carbocycles. The van der Waals surface area contributed by atoms with Crippen LogP contribution in [0.15, 0.2) is 0 Å². The van der Waals surface area contributed by atoms with Crippen molar-refractivity contribution in [1.82, 2.24) is 0 Å². The summed E-state index contributed by atoms with van der Waals surface area (Å²) in [6, 6.07) is 0. The summed E-state index contributed by atoms with van der Waals surface area (Å²) in [5, 5.41) is 0.179. The number of carbonyl (C=O) groups is 2. The summed E-state index contributed by atoms with van der Waals surface area (Å²) >= 11 is 1.37. The van der Waals surface area contributed by atoms with Gasteiger partial charge in [-0.25, -0.2) is 0 Å². The van der Waals surface area contributed by atoms with Gasteiger partial charge in [-0.2, -0.15) is 0 Å². The third-order valence-corrected chi connectivity index (χ3v) is 2.90. The van der Waals surface area contributed by atoms with Crippen LogP contribution in [0.4, 0.5) is 0 Å². The summed E-state index contributed by atoms with van der Waals surface area (Å²) in [4.78, 5) is 22.0. The smallest absolute Gasteiger partial charge is 0.306 e. The first kappa shape index (κ1) is 16.5. The van der Waals surface area contributed by atoms with Crippen LogP contribution in [-0.2, 0) is 14.3 Å². The first-order valence-electron chi connectivity index (χ1n) is 6.16. The van der Waals surface area contributed by atoms with Gasteiger partial charge in [0.2, 0.25) is 0 Å². The van der Waals surface area contributed by atoms with E-state index in [4.69, 9.17) is 4.74 Å². The second-order valence-electron chi connectivity index (χ2n) is 5.09. The van der Waals surface area contributed by atoms with Crippen molar-refractivity contribution in [3.8, 4) is 0 Å². The molecule has 0 aromatic rings. The van der Waals surface area contributed by atoms with Gasteiger partial charge in [0.25, 0.3) is 0 Å². The summed E-state index contributed by atoms with van der Waals surface area (Å²) in [7, 11) is 0. The van der Waals surface area contributed by atoms with Crippen LogP contribution in [0.25, 0.3) is 0 Å². The Hall–Kier alpha value is -0.510. The van der Waals surface area contributed by atoms with E-state index in [1.54, 1.807) is 6.92 Å². The molecule has 0 heterocycles. The predicted molar refractivity (Wildman–Crippen MR) is 72.1 cm³/mol. The Morgan fingerprint density at radius 3 is 2.18 bits per heavy atom. The summed E-state index contributed by atoms with van der Waals surface area (Å²) in [5.41, 5.74) is -0.380. The molecule has 0 aliphatic rings. The summed E-state index contributed by atoms with van der Waals surface area (Å²) in [6.07, 6.45) is 4.51. The lowest BCUT2D eigenvalue weighted by Crippen LogP contribution is -2.23. The molecule has 4 heteroatoms. The van der Waals surface area contributed by atoms with Crippen molar-refractivity contribution in [2.45, 2.75) is 65.4 Å². The van der Waals surface area contributed by atoms with Crippen LogP contribution in [0.3, 0.4) is 0 Å². The fraction of sp³-hybridized carbons (Fsp3) is 0.846. The Morgan fingerprint density at radius 1 is 1.06 bits per heavy atom. The Bertz CT molecular complexity index is 244. The molecule has 3 nitrogen and oxygen atoms in total. The van der Waals surface area contributed by atoms with Crippen LogP contribution in [0, 0.1) is 0 Å². The maximum atomic E-state index is 11.4. The number of unbranched alkanes of at least 4 members (excludes halogenated alkanes) is 3. The van der Waals surface area contributed by atoms with E-state index in [2.05, 4.69) is 0 Å². The number of carbonyl (C=O) groups excluding carboxylic acids is 2. The Kier molecular flexibility index (Phi) is 8.30. The molecule has 0 unspecified atom stereocenters. The Labute approximate surface area is 109 Å². The SMILES string of the molecule is CC(=O)SCCCCCCC(=O)OC(C)(C)C. The topological polar surface area (TPSA) is 43.4 Å². The molecule has 0 fully saturated rings. The zero-order valence-electron chi connectivity index (χ0n) is 11.4. The van der Waals surface area contributed by atoms with Gasteiger partial charge in [0.1, 0.15) is 5.60 Å². The Morgan fingerprint density at radius 2 is 1.65 bits per heavy atom.